The van der Waals surface area contributed by atoms with Crippen LogP contribution in [-0.2, 0) is 14.2 Å². The molecule has 0 aromatic rings. The van der Waals surface area contributed by atoms with Gasteiger partial charge in [-0.2, -0.15) is 0 Å². The van der Waals surface area contributed by atoms with Crippen LogP contribution in [0.25, 0.3) is 0 Å². The predicted octanol–water partition coefficient (Wildman–Crippen LogP) is 3.40. The number of ether oxygens (including phenoxy) is 3. The molecule has 20 heavy (non-hydrogen) atoms. The molecule has 3 aliphatic carbocycles. The van der Waals surface area contributed by atoms with Crippen LogP contribution in [0.1, 0.15) is 32.1 Å². The lowest BCUT2D eigenvalue weighted by molar-refractivity contribution is -0.300. The summed E-state index contributed by atoms with van der Waals surface area (Å²) < 4.78 is 18.6. The van der Waals surface area contributed by atoms with Crippen molar-refractivity contribution < 1.29 is 14.2 Å². The maximum Gasteiger partial charge on any atom is 0.199 e. The maximum atomic E-state index is 6.43. The third-order valence-corrected chi connectivity index (χ3v) is 4.86. The summed E-state index contributed by atoms with van der Waals surface area (Å²) in [6, 6.07) is 0. The highest BCUT2D eigenvalue weighted by atomic mass is 16.8. The Morgan fingerprint density at radius 3 is 1.90 bits per heavy atom. The zero-order valence-electron chi connectivity index (χ0n) is 11.7. The molecule has 1 aliphatic heterocycles. The molecule has 1 saturated heterocycles. The SMILES string of the molecule is C=CCOC12CCC3=C1C1=C(CCC1(OCC=C)O2)C3. The van der Waals surface area contributed by atoms with Crippen LogP contribution >= 0.6 is 0 Å². The quantitative estimate of drug-likeness (QED) is 0.694. The third kappa shape index (κ3) is 1.40. The second-order valence-electron chi connectivity index (χ2n) is 5.94. The van der Waals surface area contributed by atoms with Gasteiger partial charge >= 0.3 is 0 Å². The molecule has 0 amide bonds. The third-order valence-electron chi connectivity index (χ3n) is 4.86. The van der Waals surface area contributed by atoms with Gasteiger partial charge in [0.1, 0.15) is 0 Å². The first-order chi connectivity index (χ1) is 9.75. The van der Waals surface area contributed by atoms with Gasteiger partial charge in [-0.15, -0.1) is 13.2 Å². The second-order valence-corrected chi connectivity index (χ2v) is 5.94. The van der Waals surface area contributed by atoms with Gasteiger partial charge in [-0.3, -0.25) is 0 Å². The highest BCUT2D eigenvalue weighted by Gasteiger charge is 2.65. The number of hydrogen-bond donors (Lipinski definition) is 0. The molecule has 0 aromatic carbocycles. The molecule has 2 unspecified atom stereocenters. The first-order valence-electron chi connectivity index (χ1n) is 7.40. The predicted molar refractivity (Wildman–Crippen MR) is 76.0 cm³/mol. The van der Waals surface area contributed by atoms with Gasteiger partial charge in [0.2, 0.25) is 0 Å². The molecule has 1 fully saturated rings. The van der Waals surface area contributed by atoms with Crippen LogP contribution in [0.3, 0.4) is 0 Å². The van der Waals surface area contributed by atoms with E-state index in [0.717, 1.165) is 32.1 Å². The van der Waals surface area contributed by atoms with Crippen molar-refractivity contribution in [1.82, 2.24) is 0 Å². The van der Waals surface area contributed by atoms with Gasteiger partial charge < -0.3 is 14.2 Å². The van der Waals surface area contributed by atoms with Crippen molar-refractivity contribution in [2.45, 2.75) is 43.7 Å². The topological polar surface area (TPSA) is 27.7 Å². The lowest BCUT2D eigenvalue weighted by atomic mass is 10.0. The highest BCUT2D eigenvalue weighted by molar-refractivity contribution is 5.62. The Labute approximate surface area is 119 Å². The van der Waals surface area contributed by atoms with E-state index >= 15 is 0 Å². The van der Waals surface area contributed by atoms with Gasteiger partial charge in [-0.1, -0.05) is 23.3 Å². The molecule has 106 valence electrons. The van der Waals surface area contributed by atoms with Gasteiger partial charge in [-0.25, -0.2) is 0 Å². The average Bonchev–Trinajstić information content (AvgIpc) is 3.13. The smallest absolute Gasteiger partial charge is 0.199 e. The summed E-state index contributed by atoms with van der Waals surface area (Å²) in [7, 11) is 0. The number of hydrogen-bond acceptors (Lipinski definition) is 3. The summed E-state index contributed by atoms with van der Waals surface area (Å²) in [6.07, 6.45) is 8.64. The minimum atomic E-state index is -0.581. The molecule has 0 saturated carbocycles. The van der Waals surface area contributed by atoms with E-state index in [-0.39, 0.29) is 0 Å². The summed E-state index contributed by atoms with van der Waals surface area (Å²) in [6.45, 7) is 8.52. The average molecular weight is 272 g/mol. The molecule has 3 nitrogen and oxygen atoms in total. The maximum absolute atomic E-state index is 6.43. The van der Waals surface area contributed by atoms with Gasteiger partial charge in [0.05, 0.1) is 13.2 Å². The van der Waals surface area contributed by atoms with Crippen molar-refractivity contribution >= 4 is 0 Å². The number of rotatable bonds is 6. The Morgan fingerprint density at radius 2 is 1.45 bits per heavy atom. The first-order valence-corrected chi connectivity index (χ1v) is 7.40. The van der Waals surface area contributed by atoms with Crippen molar-refractivity contribution in [3.05, 3.63) is 47.6 Å². The molecular formula is C17H20O3. The zero-order valence-corrected chi connectivity index (χ0v) is 11.7. The monoisotopic (exact) mass is 272 g/mol. The molecular weight excluding hydrogens is 252 g/mol. The van der Waals surface area contributed by atoms with E-state index in [9.17, 15) is 0 Å². The standard InChI is InChI=1S/C17H20O3/c1-3-9-18-16-7-5-12-11-13-6-8-17(20-16,19-10-4-2)15(13)14(12)16/h3-4H,1-2,5-11H2. The van der Waals surface area contributed by atoms with Crippen LogP contribution in [0, 0.1) is 0 Å². The second kappa shape index (κ2) is 4.17. The van der Waals surface area contributed by atoms with Crippen LogP contribution in [0.2, 0.25) is 0 Å². The van der Waals surface area contributed by atoms with Crippen LogP contribution in [0.15, 0.2) is 47.6 Å². The van der Waals surface area contributed by atoms with E-state index in [2.05, 4.69) is 13.2 Å². The molecule has 0 spiro atoms. The van der Waals surface area contributed by atoms with E-state index in [1.54, 1.807) is 12.2 Å². The normalized spacial score (nSPS) is 37.0. The Bertz CT molecular complexity index is 509. The molecule has 0 N–H and O–H groups in total. The molecule has 2 atom stereocenters. The summed E-state index contributed by atoms with van der Waals surface area (Å²) >= 11 is 0. The Kier molecular flexibility index (Phi) is 2.62. The van der Waals surface area contributed by atoms with Crippen molar-refractivity contribution in [1.29, 1.82) is 0 Å². The van der Waals surface area contributed by atoms with E-state index < -0.39 is 11.6 Å². The summed E-state index contributed by atoms with van der Waals surface area (Å²) in [4.78, 5) is 0. The molecule has 0 radical (unpaired) electrons. The fraction of sp³-hybridized carbons (Fsp3) is 0.529. The van der Waals surface area contributed by atoms with Crippen LogP contribution in [0.5, 0.6) is 0 Å². The number of allylic oxidation sites excluding steroid dienone is 2. The molecule has 0 bridgehead atoms. The fourth-order valence-corrected chi connectivity index (χ4v) is 4.22. The van der Waals surface area contributed by atoms with Crippen molar-refractivity contribution in [3.8, 4) is 0 Å². The molecule has 3 heteroatoms. The van der Waals surface area contributed by atoms with E-state index in [1.807, 2.05) is 0 Å². The Balaban J connectivity index is 1.76. The molecule has 0 aromatic heterocycles. The van der Waals surface area contributed by atoms with Crippen molar-refractivity contribution in [3.63, 3.8) is 0 Å². The first kappa shape index (κ1) is 12.6. The Hall–Kier alpha value is -1.16. The zero-order chi connectivity index (χ0) is 13.8. The summed E-state index contributed by atoms with van der Waals surface area (Å²) in [5.74, 6) is -1.16. The minimum Gasteiger partial charge on any atom is -0.342 e. The van der Waals surface area contributed by atoms with Crippen LogP contribution < -0.4 is 0 Å². The minimum absolute atomic E-state index is 0.511. The summed E-state index contributed by atoms with van der Waals surface area (Å²) in [5, 5.41) is 0. The van der Waals surface area contributed by atoms with Crippen molar-refractivity contribution in [2.24, 2.45) is 0 Å². The highest BCUT2D eigenvalue weighted by Crippen LogP contribution is 2.65. The molecule has 4 aliphatic rings. The van der Waals surface area contributed by atoms with Crippen LogP contribution in [-0.4, -0.2) is 24.8 Å². The van der Waals surface area contributed by atoms with E-state index in [1.165, 1.54) is 22.3 Å². The largest absolute Gasteiger partial charge is 0.342 e. The lowest BCUT2D eigenvalue weighted by Gasteiger charge is -2.32. The van der Waals surface area contributed by atoms with Gasteiger partial charge in [0, 0.05) is 24.0 Å². The van der Waals surface area contributed by atoms with Gasteiger partial charge in [-0.05, 0) is 19.3 Å². The van der Waals surface area contributed by atoms with Gasteiger partial charge in [0.25, 0.3) is 0 Å². The van der Waals surface area contributed by atoms with Crippen LogP contribution in [0.4, 0.5) is 0 Å². The van der Waals surface area contributed by atoms with Gasteiger partial charge in [0.15, 0.2) is 11.6 Å². The van der Waals surface area contributed by atoms with E-state index in [4.69, 9.17) is 14.2 Å². The molecule has 4 rings (SSSR count). The summed E-state index contributed by atoms with van der Waals surface area (Å²) in [5.41, 5.74) is 5.61. The lowest BCUT2D eigenvalue weighted by Crippen LogP contribution is -2.39. The van der Waals surface area contributed by atoms with Crippen molar-refractivity contribution in [2.75, 3.05) is 13.2 Å². The fourth-order valence-electron chi connectivity index (χ4n) is 4.22. The molecule has 1 heterocycles. The Morgan fingerprint density at radius 1 is 0.950 bits per heavy atom. The van der Waals surface area contributed by atoms with E-state index in [0.29, 0.717) is 13.2 Å².